The Morgan fingerprint density at radius 2 is 2.24 bits per heavy atom. The molecule has 0 aliphatic carbocycles. The number of aromatic nitrogens is 3. The summed E-state index contributed by atoms with van der Waals surface area (Å²) in [5.74, 6) is 0.186. The van der Waals surface area contributed by atoms with Crippen LogP contribution in [0.4, 0.5) is 0 Å². The molecule has 1 unspecified atom stereocenters. The van der Waals surface area contributed by atoms with Crippen LogP contribution in [0, 0.1) is 0 Å². The summed E-state index contributed by atoms with van der Waals surface area (Å²) in [6.45, 7) is 4.28. The summed E-state index contributed by atoms with van der Waals surface area (Å²) < 4.78 is 1.66. The topological polar surface area (TPSA) is 63.1 Å². The summed E-state index contributed by atoms with van der Waals surface area (Å²) in [7, 11) is 1.83. The molecule has 1 fully saturated rings. The molecular formula is C11H19N5O. The van der Waals surface area contributed by atoms with E-state index in [1.807, 2.05) is 25.1 Å². The van der Waals surface area contributed by atoms with Gasteiger partial charge in [-0.2, -0.15) is 0 Å². The summed E-state index contributed by atoms with van der Waals surface area (Å²) in [5.41, 5.74) is 0.855. The standard InChI is InChI=1S/C11H19N5O/c1-9(11(17)16-5-3-4-6-16)12-7-10-8-15(2)14-13-10/h8-9,12H,3-7H2,1-2H3. The van der Waals surface area contributed by atoms with Gasteiger partial charge in [0.1, 0.15) is 0 Å². The lowest BCUT2D eigenvalue weighted by Gasteiger charge is -2.20. The first-order chi connectivity index (χ1) is 8.16. The predicted octanol–water partition coefficient (Wildman–Crippen LogP) is -0.0844. The Morgan fingerprint density at radius 3 is 2.82 bits per heavy atom. The summed E-state index contributed by atoms with van der Waals surface area (Å²) in [5, 5.41) is 11.0. The summed E-state index contributed by atoms with van der Waals surface area (Å²) in [6.07, 6.45) is 4.10. The molecule has 94 valence electrons. The molecule has 1 aliphatic rings. The van der Waals surface area contributed by atoms with E-state index in [1.165, 1.54) is 0 Å². The molecule has 17 heavy (non-hydrogen) atoms. The van der Waals surface area contributed by atoms with E-state index < -0.39 is 0 Å². The highest BCUT2D eigenvalue weighted by Gasteiger charge is 2.22. The molecule has 6 nitrogen and oxygen atoms in total. The number of hydrogen-bond acceptors (Lipinski definition) is 4. The molecule has 2 heterocycles. The third kappa shape index (κ3) is 3.03. The van der Waals surface area contributed by atoms with Gasteiger partial charge in [-0.05, 0) is 19.8 Å². The van der Waals surface area contributed by atoms with Gasteiger partial charge in [-0.3, -0.25) is 9.48 Å². The molecule has 2 rings (SSSR count). The van der Waals surface area contributed by atoms with Crippen molar-refractivity contribution in [2.45, 2.75) is 32.4 Å². The molecule has 0 saturated carbocycles. The van der Waals surface area contributed by atoms with Crippen LogP contribution in [0.2, 0.25) is 0 Å². The van der Waals surface area contributed by atoms with Gasteiger partial charge in [0.2, 0.25) is 5.91 Å². The van der Waals surface area contributed by atoms with Gasteiger partial charge < -0.3 is 10.2 Å². The smallest absolute Gasteiger partial charge is 0.239 e. The van der Waals surface area contributed by atoms with Crippen molar-refractivity contribution in [1.29, 1.82) is 0 Å². The maximum absolute atomic E-state index is 12.0. The van der Waals surface area contributed by atoms with Crippen LogP contribution in [-0.2, 0) is 18.4 Å². The number of carbonyl (C=O) groups is 1. The number of carbonyl (C=O) groups excluding carboxylic acids is 1. The lowest BCUT2D eigenvalue weighted by molar-refractivity contribution is -0.131. The lowest BCUT2D eigenvalue weighted by Crippen LogP contribution is -2.43. The number of hydrogen-bond donors (Lipinski definition) is 1. The van der Waals surface area contributed by atoms with E-state index in [2.05, 4.69) is 15.6 Å². The van der Waals surface area contributed by atoms with Crippen molar-refractivity contribution in [2.75, 3.05) is 13.1 Å². The van der Waals surface area contributed by atoms with E-state index >= 15 is 0 Å². The van der Waals surface area contributed by atoms with Crippen molar-refractivity contribution in [3.05, 3.63) is 11.9 Å². The molecule has 0 bridgehead atoms. The van der Waals surface area contributed by atoms with E-state index in [0.717, 1.165) is 31.6 Å². The lowest BCUT2D eigenvalue weighted by atomic mass is 10.3. The Morgan fingerprint density at radius 1 is 1.53 bits per heavy atom. The fourth-order valence-electron chi connectivity index (χ4n) is 2.03. The number of likely N-dealkylation sites (tertiary alicyclic amines) is 1. The highest BCUT2D eigenvalue weighted by Crippen LogP contribution is 2.09. The second-order valence-electron chi connectivity index (χ2n) is 4.52. The Labute approximate surface area is 101 Å². The van der Waals surface area contributed by atoms with Gasteiger partial charge in [-0.25, -0.2) is 0 Å². The van der Waals surface area contributed by atoms with Crippen LogP contribution in [0.1, 0.15) is 25.5 Å². The van der Waals surface area contributed by atoms with Gasteiger partial charge in [-0.15, -0.1) is 5.10 Å². The molecule has 1 amide bonds. The SMILES string of the molecule is CC(NCc1cn(C)nn1)C(=O)N1CCCC1. The van der Waals surface area contributed by atoms with E-state index in [9.17, 15) is 4.79 Å². The quantitative estimate of drug-likeness (QED) is 0.795. The van der Waals surface area contributed by atoms with Gasteiger partial charge in [0, 0.05) is 32.9 Å². The maximum Gasteiger partial charge on any atom is 0.239 e. The van der Waals surface area contributed by atoms with Crippen LogP contribution in [0.25, 0.3) is 0 Å². The third-order valence-corrected chi connectivity index (χ3v) is 3.03. The molecule has 1 aliphatic heterocycles. The molecule has 0 radical (unpaired) electrons. The fraction of sp³-hybridized carbons (Fsp3) is 0.727. The fourth-order valence-corrected chi connectivity index (χ4v) is 2.03. The summed E-state index contributed by atoms with van der Waals surface area (Å²) in [4.78, 5) is 13.9. The van der Waals surface area contributed by atoms with Gasteiger partial charge in [0.05, 0.1) is 11.7 Å². The predicted molar refractivity (Wildman–Crippen MR) is 63.1 cm³/mol. The number of aryl methyl sites for hydroxylation is 1. The molecule has 1 N–H and O–H groups in total. The highest BCUT2D eigenvalue weighted by molar-refractivity contribution is 5.81. The first kappa shape index (κ1) is 12.0. The van der Waals surface area contributed by atoms with Gasteiger partial charge in [0.25, 0.3) is 0 Å². The number of nitrogens with zero attached hydrogens (tertiary/aromatic N) is 4. The normalized spacial score (nSPS) is 17.4. The zero-order valence-electron chi connectivity index (χ0n) is 10.4. The molecular weight excluding hydrogens is 218 g/mol. The third-order valence-electron chi connectivity index (χ3n) is 3.03. The Hall–Kier alpha value is -1.43. The second-order valence-corrected chi connectivity index (χ2v) is 4.52. The molecule has 0 aromatic carbocycles. The molecule has 6 heteroatoms. The van der Waals surface area contributed by atoms with E-state index in [0.29, 0.717) is 6.54 Å². The van der Waals surface area contributed by atoms with Crippen LogP contribution >= 0.6 is 0 Å². The summed E-state index contributed by atoms with van der Waals surface area (Å²) >= 11 is 0. The van der Waals surface area contributed by atoms with Crippen LogP contribution in [0.15, 0.2) is 6.20 Å². The number of nitrogens with one attached hydrogen (secondary N) is 1. The Balaban J connectivity index is 1.80. The minimum Gasteiger partial charge on any atom is -0.341 e. The first-order valence-electron chi connectivity index (χ1n) is 6.04. The molecule has 1 saturated heterocycles. The van der Waals surface area contributed by atoms with Gasteiger partial charge >= 0.3 is 0 Å². The number of rotatable bonds is 4. The van der Waals surface area contributed by atoms with Crippen molar-refractivity contribution in [1.82, 2.24) is 25.2 Å². The molecule has 1 aromatic rings. The van der Waals surface area contributed by atoms with E-state index in [-0.39, 0.29) is 11.9 Å². The van der Waals surface area contributed by atoms with Crippen LogP contribution in [0.5, 0.6) is 0 Å². The zero-order chi connectivity index (χ0) is 12.3. The van der Waals surface area contributed by atoms with Crippen LogP contribution in [0.3, 0.4) is 0 Å². The molecule has 1 aromatic heterocycles. The van der Waals surface area contributed by atoms with Crippen molar-refractivity contribution >= 4 is 5.91 Å². The minimum atomic E-state index is -0.157. The second kappa shape index (κ2) is 5.27. The monoisotopic (exact) mass is 237 g/mol. The van der Waals surface area contributed by atoms with Crippen molar-refractivity contribution < 1.29 is 4.79 Å². The van der Waals surface area contributed by atoms with Gasteiger partial charge in [-0.1, -0.05) is 5.21 Å². The first-order valence-corrected chi connectivity index (χ1v) is 6.04. The van der Waals surface area contributed by atoms with E-state index in [4.69, 9.17) is 0 Å². The van der Waals surface area contributed by atoms with Crippen molar-refractivity contribution in [3.8, 4) is 0 Å². The average molecular weight is 237 g/mol. The highest BCUT2D eigenvalue weighted by atomic mass is 16.2. The Kier molecular flexibility index (Phi) is 3.73. The van der Waals surface area contributed by atoms with E-state index in [1.54, 1.807) is 4.68 Å². The van der Waals surface area contributed by atoms with Crippen LogP contribution < -0.4 is 5.32 Å². The molecule has 1 atom stereocenters. The number of amides is 1. The van der Waals surface area contributed by atoms with Crippen molar-refractivity contribution in [2.24, 2.45) is 7.05 Å². The van der Waals surface area contributed by atoms with Crippen LogP contribution in [-0.4, -0.2) is 44.9 Å². The molecule has 0 spiro atoms. The minimum absolute atomic E-state index is 0.157. The zero-order valence-corrected chi connectivity index (χ0v) is 10.4. The Bertz CT molecular complexity index is 383. The van der Waals surface area contributed by atoms with Crippen molar-refractivity contribution in [3.63, 3.8) is 0 Å². The summed E-state index contributed by atoms with van der Waals surface area (Å²) in [6, 6.07) is -0.157. The largest absolute Gasteiger partial charge is 0.341 e. The average Bonchev–Trinajstić information content (AvgIpc) is 2.95. The van der Waals surface area contributed by atoms with Gasteiger partial charge in [0.15, 0.2) is 0 Å². The maximum atomic E-state index is 12.0.